The summed E-state index contributed by atoms with van der Waals surface area (Å²) in [6.07, 6.45) is 9.20. The highest BCUT2D eigenvalue weighted by atomic mass is 16.5. The van der Waals surface area contributed by atoms with Crippen LogP contribution in [0.2, 0.25) is 0 Å². The summed E-state index contributed by atoms with van der Waals surface area (Å²) in [4.78, 5) is 0. The number of aliphatic hydroxyl groups excluding tert-OH is 1. The summed E-state index contributed by atoms with van der Waals surface area (Å²) < 4.78 is 5.91. The van der Waals surface area contributed by atoms with Gasteiger partial charge in [0.05, 0.1) is 18.3 Å². The monoisotopic (exact) mass is 260 g/mol. The zero-order chi connectivity index (χ0) is 13.5. The highest BCUT2D eigenvalue weighted by molar-refractivity contribution is 5.49. The molecule has 0 bridgehead atoms. The van der Waals surface area contributed by atoms with Gasteiger partial charge in [0.25, 0.3) is 0 Å². The number of rotatable bonds is 6. The van der Waals surface area contributed by atoms with E-state index in [0.717, 1.165) is 19.3 Å². The first-order valence-electron chi connectivity index (χ1n) is 7.36. The molecule has 1 heterocycles. The molecule has 104 valence electrons. The number of benzene rings is 1. The Hall–Kier alpha value is -1.12. The predicted molar refractivity (Wildman–Crippen MR) is 78.9 cm³/mol. The van der Waals surface area contributed by atoms with Crippen LogP contribution in [-0.4, -0.2) is 23.4 Å². The van der Waals surface area contributed by atoms with Gasteiger partial charge in [-0.25, -0.2) is 0 Å². The van der Waals surface area contributed by atoms with Crippen molar-refractivity contribution >= 4 is 6.08 Å². The fraction of sp³-hybridized carbons (Fsp3) is 0.529. The summed E-state index contributed by atoms with van der Waals surface area (Å²) in [5, 5.41) is 10.00. The summed E-state index contributed by atoms with van der Waals surface area (Å²) in [6.45, 7) is 2.19. The fourth-order valence-electron chi connectivity index (χ4n) is 2.52. The lowest BCUT2D eigenvalue weighted by molar-refractivity contribution is 0.0180. The van der Waals surface area contributed by atoms with E-state index in [1.807, 2.05) is 18.2 Å². The fourth-order valence-corrected chi connectivity index (χ4v) is 2.52. The van der Waals surface area contributed by atoms with Crippen LogP contribution in [0.25, 0.3) is 6.08 Å². The zero-order valence-corrected chi connectivity index (χ0v) is 11.7. The van der Waals surface area contributed by atoms with Crippen molar-refractivity contribution in [2.45, 2.75) is 57.3 Å². The number of unbranched alkanes of at least 4 members (excludes halogenated alkanes) is 2. The van der Waals surface area contributed by atoms with Crippen LogP contribution in [0.4, 0.5) is 0 Å². The van der Waals surface area contributed by atoms with Gasteiger partial charge in [-0.15, -0.1) is 0 Å². The average Bonchev–Trinajstić information content (AvgIpc) is 2.79. The molecule has 1 aliphatic heterocycles. The quantitative estimate of drug-likeness (QED) is 0.788. The van der Waals surface area contributed by atoms with Gasteiger partial charge in [0.15, 0.2) is 0 Å². The minimum atomic E-state index is -0.303. The smallest absolute Gasteiger partial charge is 0.0843 e. The van der Waals surface area contributed by atoms with Crippen molar-refractivity contribution in [1.82, 2.24) is 0 Å². The lowest BCUT2D eigenvalue weighted by Crippen LogP contribution is -2.20. The van der Waals surface area contributed by atoms with Crippen LogP contribution in [0.5, 0.6) is 0 Å². The van der Waals surface area contributed by atoms with Gasteiger partial charge >= 0.3 is 0 Å². The molecule has 1 saturated heterocycles. The standard InChI is InChI=1S/C17H24O2/c1-2-3-5-10-17-16(18)13-15(19-17)12-11-14-8-6-4-7-9-14/h4,6-9,11-12,15-18H,2-3,5,10,13H2,1H3/b12-11+/t15-,16-,17+/m0/s1. The summed E-state index contributed by atoms with van der Waals surface area (Å²) in [5.74, 6) is 0. The molecule has 0 radical (unpaired) electrons. The third-order valence-corrected chi connectivity index (χ3v) is 3.65. The normalized spacial score (nSPS) is 27.2. The molecule has 1 aliphatic rings. The highest BCUT2D eigenvalue weighted by Gasteiger charge is 2.31. The van der Waals surface area contributed by atoms with Crippen molar-refractivity contribution in [3.8, 4) is 0 Å². The molecule has 2 nitrogen and oxygen atoms in total. The molecular formula is C17H24O2. The summed E-state index contributed by atoms with van der Waals surface area (Å²) in [5.41, 5.74) is 1.18. The molecule has 0 saturated carbocycles. The van der Waals surface area contributed by atoms with Gasteiger partial charge in [-0.2, -0.15) is 0 Å². The summed E-state index contributed by atoms with van der Waals surface area (Å²) >= 11 is 0. The molecule has 1 aromatic carbocycles. The van der Waals surface area contributed by atoms with Gasteiger partial charge in [0.2, 0.25) is 0 Å². The minimum absolute atomic E-state index is 0.0250. The average molecular weight is 260 g/mol. The minimum Gasteiger partial charge on any atom is -0.390 e. The largest absolute Gasteiger partial charge is 0.390 e. The molecule has 0 aromatic heterocycles. The number of hydrogen-bond donors (Lipinski definition) is 1. The van der Waals surface area contributed by atoms with Crippen molar-refractivity contribution in [2.24, 2.45) is 0 Å². The maximum Gasteiger partial charge on any atom is 0.0843 e. The first-order valence-corrected chi connectivity index (χ1v) is 7.36. The van der Waals surface area contributed by atoms with E-state index in [4.69, 9.17) is 4.74 Å². The number of ether oxygens (including phenoxy) is 1. The molecule has 1 aromatic rings. The van der Waals surface area contributed by atoms with Gasteiger partial charge in [-0.1, -0.05) is 68.7 Å². The van der Waals surface area contributed by atoms with Gasteiger partial charge < -0.3 is 9.84 Å². The zero-order valence-electron chi connectivity index (χ0n) is 11.7. The molecule has 19 heavy (non-hydrogen) atoms. The van der Waals surface area contributed by atoms with E-state index in [9.17, 15) is 5.11 Å². The molecular weight excluding hydrogens is 236 g/mol. The van der Waals surface area contributed by atoms with E-state index in [2.05, 4.69) is 31.2 Å². The molecule has 0 amide bonds. The van der Waals surface area contributed by atoms with Gasteiger partial charge in [0.1, 0.15) is 0 Å². The van der Waals surface area contributed by atoms with Crippen molar-refractivity contribution in [2.75, 3.05) is 0 Å². The molecule has 2 rings (SSSR count). The molecule has 1 N–H and O–H groups in total. The number of hydrogen-bond acceptors (Lipinski definition) is 2. The lowest BCUT2D eigenvalue weighted by Gasteiger charge is -2.13. The van der Waals surface area contributed by atoms with Crippen molar-refractivity contribution in [3.05, 3.63) is 42.0 Å². The Bertz CT molecular complexity index is 386. The van der Waals surface area contributed by atoms with Crippen LogP contribution in [0.3, 0.4) is 0 Å². The molecule has 2 heteroatoms. The highest BCUT2D eigenvalue weighted by Crippen LogP contribution is 2.25. The number of aliphatic hydroxyl groups is 1. The van der Waals surface area contributed by atoms with E-state index in [1.165, 1.54) is 18.4 Å². The second kappa shape index (κ2) is 7.46. The lowest BCUT2D eigenvalue weighted by atomic mass is 10.0. The van der Waals surface area contributed by atoms with E-state index in [0.29, 0.717) is 0 Å². The Morgan fingerprint density at radius 1 is 1.26 bits per heavy atom. The SMILES string of the molecule is CCCCC[C@H]1O[C@@H](/C=C/c2ccccc2)C[C@@H]1O. The van der Waals surface area contributed by atoms with Crippen LogP contribution in [0, 0.1) is 0 Å². The van der Waals surface area contributed by atoms with Gasteiger partial charge in [-0.3, -0.25) is 0 Å². The molecule has 0 aliphatic carbocycles. The van der Waals surface area contributed by atoms with Crippen LogP contribution >= 0.6 is 0 Å². The molecule has 3 atom stereocenters. The van der Waals surface area contributed by atoms with Crippen LogP contribution in [-0.2, 0) is 4.74 Å². The first kappa shape index (κ1) is 14.3. The Balaban J connectivity index is 1.82. The van der Waals surface area contributed by atoms with Gasteiger partial charge in [0, 0.05) is 6.42 Å². The first-order chi connectivity index (χ1) is 9.29. The van der Waals surface area contributed by atoms with Crippen LogP contribution in [0.15, 0.2) is 36.4 Å². The molecule has 0 unspecified atom stereocenters. The van der Waals surface area contributed by atoms with Crippen molar-refractivity contribution in [3.63, 3.8) is 0 Å². The Kier molecular flexibility index (Phi) is 5.62. The Morgan fingerprint density at radius 3 is 2.79 bits per heavy atom. The molecule has 0 spiro atoms. The maximum atomic E-state index is 10.00. The maximum absolute atomic E-state index is 10.00. The Morgan fingerprint density at radius 2 is 2.05 bits per heavy atom. The second-order valence-electron chi connectivity index (χ2n) is 5.28. The van der Waals surface area contributed by atoms with Crippen molar-refractivity contribution in [1.29, 1.82) is 0 Å². The molecule has 1 fully saturated rings. The Labute approximate surface area is 116 Å². The van der Waals surface area contributed by atoms with Crippen LogP contribution in [0.1, 0.15) is 44.6 Å². The third kappa shape index (κ3) is 4.48. The van der Waals surface area contributed by atoms with E-state index >= 15 is 0 Å². The second-order valence-corrected chi connectivity index (χ2v) is 5.28. The summed E-state index contributed by atoms with van der Waals surface area (Å²) in [7, 11) is 0. The predicted octanol–water partition coefficient (Wildman–Crippen LogP) is 3.80. The third-order valence-electron chi connectivity index (χ3n) is 3.65. The van der Waals surface area contributed by atoms with E-state index in [-0.39, 0.29) is 18.3 Å². The van der Waals surface area contributed by atoms with E-state index < -0.39 is 0 Å². The topological polar surface area (TPSA) is 29.5 Å². The van der Waals surface area contributed by atoms with E-state index in [1.54, 1.807) is 0 Å². The summed E-state index contributed by atoms with van der Waals surface area (Å²) in [6, 6.07) is 10.2. The van der Waals surface area contributed by atoms with Crippen molar-refractivity contribution < 1.29 is 9.84 Å². The van der Waals surface area contributed by atoms with Gasteiger partial charge in [-0.05, 0) is 12.0 Å². The van der Waals surface area contributed by atoms with Crippen LogP contribution < -0.4 is 0 Å².